The molecular weight excluding hydrogens is 809 g/mol. The average molecular weight is 865 g/mol. The third kappa shape index (κ3) is 11.7. The molecule has 0 N–H and O–H groups in total. The van der Waals surface area contributed by atoms with Crippen LogP contribution < -0.4 is 0 Å². The molecule has 0 saturated heterocycles. The van der Waals surface area contributed by atoms with Crippen LogP contribution in [-0.4, -0.2) is 47.0 Å². The highest BCUT2D eigenvalue weighted by molar-refractivity contribution is 7.31. The largest absolute Gasteiger partial charge is 0.509 e. The van der Waals surface area contributed by atoms with Crippen LogP contribution in [0.5, 0.6) is 0 Å². The van der Waals surface area contributed by atoms with E-state index in [0.717, 1.165) is 52.5 Å². The van der Waals surface area contributed by atoms with E-state index in [4.69, 9.17) is 37.9 Å². The third-order valence-corrected chi connectivity index (χ3v) is 11.6. The van der Waals surface area contributed by atoms with Crippen molar-refractivity contribution in [2.24, 2.45) is 0 Å². The number of carbonyl (C=O) groups excluding carboxylic acids is 4. The lowest BCUT2D eigenvalue weighted by Gasteiger charge is -2.32. The van der Waals surface area contributed by atoms with Crippen LogP contribution in [-0.2, 0) is 37.9 Å². The van der Waals surface area contributed by atoms with Crippen LogP contribution in [0.4, 0.5) is 19.2 Å². The number of carbonyl (C=O) groups is 4. The molecule has 4 aromatic rings. The van der Waals surface area contributed by atoms with E-state index >= 15 is 0 Å². The highest BCUT2D eigenvalue weighted by Crippen LogP contribution is 2.48. The Morgan fingerprint density at radius 3 is 0.950 bits per heavy atom. The van der Waals surface area contributed by atoms with Gasteiger partial charge in [0.2, 0.25) is 0 Å². The van der Waals surface area contributed by atoms with Gasteiger partial charge in [-0.3, -0.25) is 0 Å². The minimum atomic E-state index is -0.768. The fourth-order valence-electron chi connectivity index (χ4n) is 7.00. The van der Waals surface area contributed by atoms with Crippen molar-refractivity contribution >= 4 is 56.7 Å². The van der Waals surface area contributed by atoms with Crippen molar-refractivity contribution in [1.29, 1.82) is 0 Å². The first-order chi connectivity index (χ1) is 27.8. The number of hydrogen-bond acceptors (Lipinski definition) is 14. The molecule has 12 nitrogen and oxygen atoms in total. The Labute approximate surface area is 359 Å². The molecule has 0 saturated carbocycles. The summed E-state index contributed by atoms with van der Waals surface area (Å²) in [6, 6.07) is 16.1. The minimum Gasteiger partial charge on any atom is -0.429 e. The maximum absolute atomic E-state index is 12.8. The molecule has 324 valence electrons. The summed E-state index contributed by atoms with van der Waals surface area (Å²) in [4.78, 5) is 53.1. The van der Waals surface area contributed by atoms with Crippen LogP contribution in [0.1, 0.15) is 155 Å². The second-order valence-corrected chi connectivity index (χ2v) is 21.2. The molecule has 2 aromatic carbocycles. The van der Waals surface area contributed by atoms with Gasteiger partial charge in [-0.2, -0.15) is 0 Å². The Bertz CT molecular complexity index is 2060. The zero-order chi connectivity index (χ0) is 43.9. The summed E-state index contributed by atoms with van der Waals surface area (Å²) in [6.07, 6.45) is -3.73. The predicted molar refractivity (Wildman–Crippen MR) is 229 cm³/mol. The molecule has 6 rings (SSSR count). The van der Waals surface area contributed by atoms with Crippen molar-refractivity contribution in [3.05, 3.63) is 70.8 Å². The summed E-state index contributed by atoms with van der Waals surface area (Å²) >= 11 is 3.25. The molecule has 4 unspecified atom stereocenters. The molecule has 0 radical (unpaired) electrons. The van der Waals surface area contributed by atoms with E-state index in [1.165, 1.54) is 0 Å². The molecule has 14 heteroatoms. The molecule has 0 bridgehead atoms. The van der Waals surface area contributed by atoms with E-state index in [-0.39, 0.29) is 0 Å². The number of thiophene rings is 2. The van der Waals surface area contributed by atoms with Crippen LogP contribution in [0.15, 0.2) is 48.5 Å². The van der Waals surface area contributed by atoms with Gasteiger partial charge in [0.1, 0.15) is 46.8 Å². The van der Waals surface area contributed by atoms with Gasteiger partial charge in [0.15, 0.2) is 0 Å². The smallest absolute Gasteiger partial charge is 0.429 e. The quantitative estimate of drug-likeness (QED) is 0.134. The Morgan fingerprint density at radius 1 is 0.417 bits per heavy atom. The molecule has 2 aromatic heterocycles. The molecule has 2 heterocycles. The summed E-state index contributed by atoms with van der Waals surface area (Å²) in [5, 5.41) is 0. The molecule has 0 spiro atoms. The van der Waals surface area contributed by atoms with Crippen LogP contribution in [0.2, 0.25) is 0 Å². The van der Waals surface area contributed by atoms with E-state index < -0.39 is 71.4 Å². The topological polar surface area (TPSA) is 142 Å². The van der Waals surface area contributed by atoms with Gasteiger partial charge < -0.3 is 37.9 Å². The molecule has 2 aliphatic rings. The summed E-state index contributed by atoms with van der Waals surface area (Å²) < 4.78 is 47.3. The van der Waals surface area contributed by atoms with Gasteiger partial charge in [-0.15, -0.1) is 22.7 Å². The minimum absolute atomic E-state index is 0.421. The van der Waals surface area contributed by atoms with Crippen molar-refractivity contribution in [3.63, 3.8) is 0 Å². The lowest BCUT2D eigenvalue weighted by atomic mass is 9.86. The number of rotatable bonds is 6. The summed E-state index contributed by atoms with van der Waals surface area (Å²) in [7, 11) is 0. The standard InChI is InChI=1S/C46H56O12S2/c1-43(2,3)55-39(47)51-31-17-19-33(53-41(49)57-45(7,8)9)29-21-25(13-15-27(29)31)35-23-37-38(59-35)24-36(60-37)26-14-16-28-30(22-26)34(54-42(50)58-46(10,11)12)20-18-32(28)52-40(48)56-44(4,5)6/h13-16,21-24,31-34H,17-20H2,1-12H3. The first-order valence-corrected chi connectivity index (χ1v) is 21.8. The molecule has 2 aliphatic carbocycles. The van der Waals surface area contributed by atoms with E-state index in [9.17, 15) is 19.2 Å². The molecule has 0 amide bonds. The Hall–Kier alpha value is -4.82. The lowest BCUT2D eigenvalue weighted by Crippen LogP contribution is -2.29. The number of hydrogen-bond donors (Lipinski definition) is 0. The second kappa shape index (κ2) is 16.9. The molecule has 0 fully saturated rings. The summed E-state index contributed by atoms with van der Waals surface area (Å²) in [5.74, 6) is 0. The van der Waals surface area contributed by atoms with Gasteiger partial charge in [-0.25, -0.2) is 19.2 Å². The molecule has 60 heavy (non-hydrogen) atoms. The van der Waals surface area contributed by atoms with Gasteiger partial charge in [0, 0.05) is 30.3 Å². The lowest BCUT2D eigenvalue weighted by molar-refractivity contribution is -0.0495. The zero-order valence-electron chi connectivity index (χ0n) is 36.5. The predicted octanol–water partition coefficient (Wildman–Crippen LogP) is 13.9. The highest BCUT2D eigenvalue weighted by atomic mass is 32.1. The van der Waals surface area contributed by atoms with Crippen molar-refractivity contribution in [2.75, 3.05) is 0 Å². The van der Waals surface area contributed by atoms with E-state index in [1.807, 2.05) is 36.4 Å². The number of benzene rings is 2. The Kier molecular flexibility index (Phi) is 12.6. The molecule has 4 atom stereocenters. The fourth-order valence-corrected chi connectivity index (χ4v) is 9.39. The maximum atomic E-state index is 12.8. The number of ether oxygens (including phenoxy) is 8. The first kappa shape index (κ1) is 44.7. The third-order valence-electron chi connectivity index (χ3n) is 9.23. The SMILES string of the molecule is CC(C)(C)OC(=O)OC1CCC(OC(=O)OC(C)(C)C)c2cc(-c3cc4sc(-c5ccc6c(c5)C(OC(=O)OC(C)(C)C)CCC6OC(=O)OC(C)(C)C)cc4s3)ccc21. The first-order valence-electron chi connectivity index (χ1n) is 20.2. The van der Waals surface area contributed by atoms with Crippen molar-refractivity contribution in [3.8, 4) is 20.9 Å². The average Bonchev–Trinajstić information content (AvgIpc) is 3.67. The summed E-state index contributed by atoms with van der Waals surface area (Å²) in [6.45, 7) is 21.4. The van der Waals surface area contributed by atoms with Crippen LogP contribution in [0, 0.1) is 0 Å². The maximum Gasteiger partial charge on any atom is 0.509 e. The van der Waals surface area contributed by atoms with Crippen LogP contribution in [0.3, 0.4) is 0 Å². The van der Waals surface area contributed by atoms with E-state index in [1.54, 1.807) is 106 Å². The normalized spacial score (nSPS) is 19.3. The van der Waals surface area contributed by atoms with Gasteiger partial charge in [-0.1, -0.05) is 24.3 Å². The number of fused-ring (bicyclic) bond motifs is 3. The van der Waals surface area contributed by atoms with Gasteiger partial charge in [0.25, 0.3) is 0 Å². The Balaban J connectivity index is 1.29. The van der Waals surface area contributed by atoms with E-state index in [0.29, 0.717) is 25.7 Å². The summed E-state index contributed by atoms with van der Waals surface area (Å²) in [5.41, 5.74) is 1.91. The van der Waals surface area contributed by atoms with Crippen molar-refractivity contribution in [1.82, 2.24) is 0 Å². The fraction of sp³-hybridized carbons (Fsp3) is 0.522. The van der Waals surface area contributed by atoms with Gasteiger partial charge in [-0.05, 0) is 155 Å². The van der Waals surface area contributed by atoms with Crippen LogP contribution in [0.25, 0.3) is 30.3 Å². The van der Waals surface area contributed by atoms with E-state index in [2.05, 4.69) is 12.1 Å². The second-order valence-electron chi connectivity index (χ2n) is 19.1. The van der Waals surface area contributed by atoms with Crippen molar-refractivity contribution < 1.29 is 57.1 Å². The monoisotopic (exact) mass is 864 g/mol. The van der Waals surface area contributed by atoms with Crippen LogP contribution >= 0.6 is 22.7 Å². The molecular formula is C46H56O12S2. The Morgan fingerprint density at radius 2 is 0.683 bits per heavy atom. The van der Waals surface area contributed by atoms with Gasteiger partial charge >= 0.3 is 24.6 Å². The van der Waals surface area contributed by atoms with Gasteiger partial charge in [0.05, 0.1) is 0 Å². The zero-order valence-corrected chi connectivity index (χ0v) is 38.1. The highest BCUT2D eigenvalue weighted by Gasteiger charge is 2.36. The van der Waals surface area contributed by atoms with Crippen molar-refractivity contribution in [2.45, 2.75) is 156 Å². The molecule has 0 aliphatic heterocycles.